The Balaban J connectivity index is 1.76. The molecule has 1 aliphatic rings. The molecule has 1 atom stereocenters. The molecular formula is C26H28ClN3O3. The molecule has 0 saturated heterocycles. The number of halogens is 1. The monoisotopic (exact) mass is 465 g/mol. The van der Waals surface area contributed by atoms with Crippen molar-refractivity contribution in [2.24, 2.45) is 0 Å². The first-order valence-corrected chi connectivity index (χ1v) is 11.4. The number of carbonyl (C=O) groups excluding carboxylic acids is 1. The van der Waals surface area contributed by atoms with Gasteiger partial charge in [-0.05, 0) is 57.4 Å². The molecule has 1 aliphatic heterocycles. The lowest BCUT2D eigenvalue weighted by Crippen LogP contribution is -2.43. The maximum atomic E-state index is 13.8. The number of rotatable bonds is 3. The molecule has 0 radical (unpaired) electrons. The van der Waals surface area contributed by atoms with Crippen molar-refractivity contribution in [2.45, 2.75) is 52.3 Å². The Hall–Kier alpha value is -3.12. The van der Waals surface area contributed by atoms with Crippen LogP contribution in [0, 0.1) is 6.92 Å². The molecular weight excluding hydrogens is 438 g/mol. The molecule has 7 heteroatoms. The molecule has 3 aromatic rings. The van der Waals surface area contributed by atoms with Crippen molar-refractivity contribution in [2.75, 3.05) is 6.54 Å². The number of aryl methyl sites for hydroxylation is 1. The third-order valence-corrected chi connectivity index (χ3v) is 5.91. The summed E-state index contributed by atoms with van der Waals surface area (Å²) in [6.07, 6.45) is 0.0446. The van der Waals surface area contributed by atoms with Gasteiger partial charge in [0.1, 0.15) is 11.4 Å². The van der Waals surface area contributed by atoms with Crippen molar-refractivity contribution in [3.63, 3.8) is 0 Å². The average molecular weight is 466 g/mol. The van der Waals surface area contributed by atoms with Crippen LogP contribution in [0.4, 0.5) is 4.79 Å². The van der Waals surface area contributed by atoms with Crippen LogP contribution in [0.25, 0.3) is 0 Å². The van der Waals surface area contributed by atoms with E-state index in [1.165, 1.54) is 0 Å². The van der Waals surface area contributed by atoms with Crippen LogP contribution in [0.15, 0.2) is 59.4 Å². The minimum Gasteiger partial charge on any atom is -0.444 e. The van der Waals surface area contributed by atoms with Crippen molar-refractivity contribution < 1.29 is 9.53 Å². The van der Waals surface area contributed by atoms with Crippen molar-refractivity contribution >= 4 is 17.7 Å². The molecule has 1 unspecified atom stereocenters. The van der Waals surface area contributed by atoms with E-state index in [1.807, 2.05) is 82.3 Å². The molecule has 1 aromatic heterocycles. The standard InChI is InChI=1S/C26H28ClN3O3/c1-17-28-22-16-29(25(32)33-26(2,3)4)15-14-21(22)24(31)30(17)23(18-8-6-5-7-9-18)19-10-12-20(27)13-11-19/h5-13,23H,14-16H2,1-4H3. The van der Waals surface area contributed by atoms with Crippen LogP contribution < -0.4 is 5.56 Å². The van der Waals surface area contributed by atoms with Crippen molar-refractivity contribution in [3.8, 4) is 0 Å². The van der Waals surface area contributed by atoms with Gasteiger partial charge < -0.3 is 9.64 Å². The highest BCUT2D eigenvalue weighted by Gasteiger charge is 2.30. The second kappa shape index (κ2) is 9.02. The maximum absolute atomic E-state index is 13.8. The SMILES string of the molecule is Cc1nc2c(c(=O)n1C(c1ccccc1)c1ccc(Cl)cc1)CCN(C(=O)OC(C)(C)C)C2. The Kier molecular flexibility index (Phi) is 6.30. The van der Waals surface area contributed by atoms with Crippen LogP contribution in [0.5, 0.6) is 0 Å². The summed E-state index contributed by atoms with van der Waals surface area (Å²) in [5.74, 6) is 0.591. The van der Waals surface area contributed by atoms with Gasteiger partial charge >= 0.3 is 6.09 Å². The molecule has 0 aliphatic carbocycles. The zero-order valence-electron chi connectivity index (χ0n) is 19.3. The average Bonchev–Trinajstić information content (AvgIpc) is 2.76. The molecule has 1 amide bonds. The molecule has 33 heavy (non-hydrogen) atoms. The molecule has 4 rings (SSSR count). The maximum Gasteiger partial charge on any atom is 0.410 e. The lowest BCUT2D eigenvalue weighted by molar-refractivity contribution is 0.0219. The zero-order valence-corrected chi connectivity index (χ0v) is 20.1. The number of nitrogens with zero attached hydrogens (tertiary/aromatic N) is 3. The van der Waals surface area contributed by atoms with Crippen LogP contribution in [0.2, 0.25) is 5.02 Å². The Bertz CT molecular complexity index is 1210. The molecule has 2 heterocycles. The highest BCUT2D eigenvalue weighted by atomic mass is 35.5. The third-order valence-electron chi connectivity index (χ3n) is 5.65. The first kappa shape index (κ1) is 23.1. The van der Waals surface area contributed by atoms with E-state index in [2.05, 4.69) is 0 Å². The second-order valence-electron chi connectivity index (χ2n) is 9.28. The van der Waals surface area contributed by atoms with Gasteiger partial charge in [0, 0.05) is 17.1 Å². The Morgan fingerprint density at radius 1 is 1.06 bits per heavy atom. The summed E-state index contributed by atoms with van der Waals surface area (Å²) in [5.41, 5.74) is 2.56. The minimum absolute atomic E-state index is 0.0786. The van der Waals surface area contributed by atoms with E-state index in [1.54, 1.807) is 9.47 Å². The quantitative estimate of drug-likeness (QED) is 0.537. The Morgan fingerprint density at radius 3 is 2.33 bits per heavy atom. The number of amides is 1. The van der Waals surface area contributed by atoms with E-state index >= 15 is 0 Å². The van der Waals surface area contributed by atoms with Gasteiger partial charge in [-0.2, -0.15) is 0 Å². The summed E-state index contributed by atoms with van der Waals surface area (Å²) in [6, 6.07) is 17.1. The largest absolute Gasteiger partial charge is 0.444 e. The topological polar surface area (TPSA) is 64.4 Å². The van der Waals surface area contributed by atoms with Crippen molar-refractivity contribution in [1.82, 2.24) is 14.5 Å². The van der Waals surface area contributed by atoms with Crippen LogP contribution >= 0.6 is 11.6 Å². The lowest BCUT2D eigenvalue weighted by atomic mass is 9.97. The van der Waals surface area contributed by atoms with Crippen LogP contribution in [0.3, 0.4) is 0 Å². The summed E-state index contributed by atoms with van der Waals surface area (Å²) < 4.78 is 7.26. The number of hydrogen-bond acceptors (Lipinski definition) is 4. The van der Waals surface area contributed by atoms with E-state index in [4.69, 9.17) is 21.3 Å². The summed E-state index contributed by atoms with van der Waals surface area (Å²) in [7, 11) is 0. The molecule has 0 fully saturated rings. The number of hydrogen-bond donors (Lipinski definition) is 0. The predicted octanol–water partition coefficient (Wildman–Crippen LogP) is 5.14. The van der Waals surface area contributed by atoms with Crippen LogP contribution in [-0.2, 0) is 17.7 Å². The zero-order chi connectivity index (χ0) is 23.8. The number of ether oxygens (including phenoxy) is 1. The predicted molar refractivity (Wildman–Crippen MR) is 129 cm³/mol. The van der Waals surface area contributed by atoms with Gasteiger partial charge in [-0.3, -0.25) is 9.36 Å². The number of aromatic nitrogens is 2. The highest BCUT2D eigenvalue weighted by Crippen LogP contribution is 2.28. The second-order valence-corrected chi connectivity index (χ2v) is 9.71. The van der Waals surface area contributed by atoms with Gasteiger partial charge in [-0.1, -0.05) is 54.1 Å². The highest BCUT2D eigenvalue weighted by molar-refractivity contribution is 6.30. The van der Waals surface area contributed by atoms with Gasteiger partial charge in [0.2, 0.25) is 0 Å². The molecule has 0 bridgehead atoms. The number of fused-ring (bicyclic) bond motifs is 1. The van der Waals surface area contributed by atoms with Crippen molar-refractivity contribution in [1.29, 1.82) is 0 Å². The summed E-state index contributed by atoms with van der Waals surface area (Å²) in [6.45, 7) is 8.02. The van der Waals surface area contributed by atoms with E-state index in [0.717, 1.165) is 11.1 Å². The normalized spacial score (nSPS) is 14.5. The number of benzene rings is 2. The summed E-state index contributed by atoms with van der Waals surface area (Å²) in [5, 5.41) is 0.639. The van der Waals surface area contributed by atoms with Gasteiger partial charge in [-0.25, -0.2) is 9.78 Å². The lowest BCUT2D eigenvalue weighted by Gasteiger charge is -2.32. The van der Waals surface area contributed by atoms with E-state index in [0.29, 0.717) is 35.1 Å². The Morgan fingerprint density at radius 2 is 1.70 bits per heavy atom. The number of carbonyl (C=O) groups is 1. The van der Waals surface area contributed by atoms with E-state index in [-0.39, 0.29) is 24.2 Å². The smallest absolute Gasteiger partial charge is 0.410 e. The van der Waals surface area contributed by atoms with Crippen LogP contribution in [0.1, 0.15) is 55.0 Å². The fourth-order valence-electron chi connectivity index (χ4n) is 4.18. The molecule has 0 spiro atoms. The molecule has 0 N–H and O–H groups in total. The fourth-order valence-corrected chi connectivity index (χ4v) is 4.30. The van der Waals surface area contributed by atoms with Gasteiger partial charge in [0.15, 0.2) is 0 Å². The molecule has 2 aromatic carbocycles. The van der Waals surface area contributed by atoms with E-state index < -0.39 is 5.60 Å². The summed E-state index contributed by atoms with van der Waals surface area (Å²) in [4.78, 5) is 32.7. The first-order chi connectivity index (χ1) is 15.6. The Labute approximate surface area is 198 Å². The minimum atomic E-state index is -0.578. The summed E-state index contributed by atoms with van der Waals surface area (Å²) >= 11 is 6.12. The van der Waals surface area contributed by atoms with Gasteiger partial charge in [0.25, 0.3) is 5.56 Å². The van der Waals surface area contributed by atoms with Crippen LogP contribution in [-0.4, -0.2) is 32.7 Å². The first-order valence-electron chi connectivity index (χ1n) is 11.0. The van der Waals surface area contributed by atoms with Gasteiger partial charge in [-0.15, -0.1) is 0 Å². The van der Waals surface area contributed by atoms with E-state index in [9.17, 15) is 9.59 Å². The van der Waals surface area contributed by atoms with Crippen molar-refractivity contribution in [3.05, 3.63) is 98.2 Å². The molecule has 0 saturated carbocycles. The van der Waals surface area contributed by atoms with Gasteiger partial charge in [0.05, 0.1) is 18.3 Å². The third kappa shape index (κ3) is 4.96. The molecule has 172 valence electrons. The fraction of sp³-hybridized carbons (Fsp3) is 0.346. The molecule has 6 nitrogen and oxygen atoms in total.